The third kappa shape index (κ3) is 4.30. The van der Waals surface area contributed by atoms with Gasteiger partial charge >= 0.3 is 5.97 Å². The van der Waals surface area contributed by atoms with E-state index in [1.807, 2.05) is 25.1 Å². The third-order valence-corrected chi connectivity index (χ3v) is 2.76. The molecule has 2 heteroatoms. The molecule has 0 aliphatic heterocycles. The van der Waals surface area contributed by atoms with Crippen LogP contribution in [0.3, 0.4) is 0 Å². The minimum atomic E-state index is -0.772. The number of rotatable bonds is 5. The standard InChI is InChI=1S/C14H18O2/c1-11(8-9-14(15)16)12(2)10-13-6-4-3-5-7-13/h3-8,12H,9-10H2,1-2H3,(H,15,16)/b11-8+/t12-/m0/s1. The molecule has 0 aliphatic rings. The van der Waals surface area contributed by atoms with Gasteiger partial charge in [-0.25, -0.2) is 0 Å². The van der Waals surface area contributed by atoms with Crippen LogP contribution in [-0.4, -0.2) is 11.1 Å². The van der Waals surface area contributed by atoms with Gasteiger partial charge in [0, 0.05) is 0 Å². The molecule has 1 aromatic carbocycles. The van der Waals surface area contributed by atoms with Crippen LogP contribution in [0.15, 0.2) is 42.0 Å². The molecule has 1 aromatic rings. The quantitative estimate of drug-likeness (QED) is 0.770. The summed E-state index contributed by atoms with van der Waals surface area (Å²) in [5, 5.41) is 8.59. The Morgan fingerprint density at radius 2 is 2.00 bits per heavy atom. The monoisotopic (exact) mass is 218 g/mol. The van der Waals surface area contributed by atoms with Crippen LogP contribution < -0.4 is 0 Å². The molecule has 0 heterocycles. The zero-order valence-electron chi connectivity index (χ0n) is 9.81. The first-order valence-electron chi connectivity index (χ1n) is 5.52. The van der Waals surface area contributed by atoms with Crippen molar-refractivity contribution in [3.63, 3.8) is 0 Å². The molecular formula is C14H18O2. The second kappa shape index (κ2) is 6.11. The largest absolute Gasteiger partial charge is 0.481 e. The van der Waals surface area contributed by atoms with Crippen molar-refractivity contribution in [2.75, 3.05) is 0 Å². The van der Waals surface area contributed by atoms with Gasteiger partial charge in [0.2, 0.25) is 0 Å². The minimum absolute atomic E-state index is 0.116. The smallest absolute Gasteiger partial charge is 0.307 e. The van der Waals surface area contributed by atoms with Gasteiger partial charge in [0.1, 0.15) is 0 Å². The Morgan fingerprint density at radius 1 is 1.38 bits per heavy atom. The van der Waals surface area contributed by atoms with Gasteiger partial charge in [0.05, 0.1) is 6.42 Å². The second-order valence-corrected chi connectivity index (χ2v) is 4.14. The number of carboxylic acids is 1. The number of hydrogen-bond acceptors (Lipinski definition) is 1. The zero-order chi connectivity index (χ0) is 12.0. The van der Waals surface area contributed by atoms with E-state index in [2.05, 4.69) is 19.1 Å². The highest BCUT2D eigenvalue weighted by Crippen LogP contribution is 2.16. The lowest BCUT2D eigenvalue weighted by Gasteiger charge is -2.12. The van der Waals surface area contributed by atoms with E-state index in [0.717, 1.165) is 12.0 Å². The Kier molecular flexibility index (Phi) is 4.77. The van der Waals surface area contributed by atoms with Crippen LogP contribution in [0.1, 0.15) is 25.8 Å². The van der Waals surface area contributed by atoms with E-state index in [1.54, 1.807) is 6.08 Å². The number of carbonyl (C=O) groups is 1. The lowest BCUT2D eigenvalue weighted by atomic mass is 9.94. The average molecular weight is 218 g/mol. The van der Waals surface area contributed by atoms with E-state index in [0.29, 0.717) is 5.92 Å². The molecule has 1 N–H and O–H groups in total. The van der Waals surface area contributed by atoms with Gasteiger partial charge in [-0.15, -0.1) is 0 Å². The molecule has 2 nitrogen and oxygen atoms in total. The summed E-state index contributed by atoms with van der Waals surface area (Å²) in [5.41, 5.74) is 2.43. The highest BCUT2D eigenvalue weighted by molar-refractivity contribution is 5.68. The number of carboxylic acid groups (broad SMARTS) is 1. The van der Waals surface area contributed by atoms with Crippen molar-refractivity contribution < 1.29 is 9.90 Å². The summed E-state index contributed by atoms with van der Waals surface area (Å²) in [5.74, 6) is -0.381. The van der Waals surface area contributed by atoms with Crippen LogP contribution in [0.4, 0.5) is 0 Å². The minimum Gasteiger partial charge on any atom is -0.481 e. The Balaban J connectivity index is 2.55. The van der Waals surface area contributed by atoms with Gasteiger partial charge in [-0.2, -0.15) is 0 Å². The average Bonchev–Trinajstić information content (AvgIpc) is 2.27. The van der Waals surface area contributed by atoms with E-state index in [1.165, 1.54) is 5.56 Å². The SMILES string of the molecule is C/C(=C\CC(=O)O)[C@@H](C)Cc1ccccc1. The van der Waals surface area contributed by atoms with E-state index in [-0.39, 0.29) is 6.42 Å². The first-order chi connectivity index (χ1) is 7.59. The van der Waals surface area contributed by atoms with Gasteiger partial charge < -0.3 is 5.11 Å². The highest BCUT2D eigenvalue weighted by Gasteiger charge is 2.05. The van der Waals surface area contributed by atoms with Gasteiger partial charge in [0.25, 0.3) is 0 Å². The van der Waals surface area contributed by atoms with Crippen molar-refractivity contribution in [1.29, 1.82) is 0 Å². The van der Waals surface area contributed by atoms with Gasteiger partial charge in [-0.3, -0.25) is 4.79 Å². The molecule has 1 atom stereocenters. The van der Waals surface area contributed by atoms with Gasteiger partial charge in [-0.05, 0) is 24.8 Å². The molecule has 1 rings (SSSR count). The van der Waals surface area contributed by atoms with Crippen molar-refractivity contribution in [3.05, 3.63) is 47.5 Å². The Morgan fingerprint density at radius 3 is 2.56 bits per heavy atom. The summed E-state index contributed by atoms with van der Waals surface area (Å²) >= 11 is 0. The van der Waals surface area contributed by atoms with Crippen LogP contribution in [-0.2, 0) is 11.2 Å². The number of benzene rings is 1. The fourth-order valence-corrected chi connectivity index (χ4v) is 1.58. The molecule has 16 heavy (non-hydrogen) atoms. The van der Waals surface area contributed by atoms with Crippen LogP contribution in [0.2, 0.25) is 0 Å². The lowest BCUT2D eigenvalue weighted by Crippen LogP contribution is -2.02. The molecule has 0 spiro atoms. The molecule has 0 unspecified atom stereocenters. The van der Waals surface area contributed by atoms with E-state index < -0.39 is 5.97 Å². The molecule has 0 aliphatic carbocycles. The summed E-state index contributed by atoms with van der Waals surface area (Å²) in [4.78, 5) is 10.4. The summed E-state index contributed by atoms with van der Waals surface area (Å²) in [6, 6.07) is 10.2. The van der Waals surface area contributed by atoms with Crippen molar-refractivity contribution in [2.24, 2.45) is 5.92 Å². The fourth-order valence-electron chi connectivity index (χ4n) is 1.58. The van der Waals surface area contributed by atoms with E-state index >= 15 is 0 Å². The predicted octanol–water partition coefficient (Wildman–Crippen LogP) is 3.29. The summed E-state index contributed by atoms with van der Waals surface area (Å²) in [6.45, 7) is 4.12. The fraction of sp³-hybridized carbons (Fsp3) is 0.357. The number of aliphatic carboxylic acids is 1. The van der Waals surface area contributed by atoms with Crippen molar-refractivity contribution >= 4 is 5.97 Å². The zero-order valence-corrected chi connectivity index (χ0v) is 9.81. The van der Waals surface area contributed by atoms with Crippen LogP contribution in [0, 0.1) is 5.92 Å². The maximum atomic E-state index is 10.4. The predicted molar refractivity (Wildman–Crippen MR) is 65.3 cm³/mol. The summed E-state index contributed by atoms with van der Waals surface area (Å²) in [6.07, 6.45) is 2.88. The molecule has 0 saturated heterocycles. The molecule has 0 amide bonds. The Hall–Kier alpha value is -1.57. The molecule has 0 radical (unpaired) electrons. The van der Waals surface area contributed by atoms with E-state index in [4.69, 9.17) is 5.11 Å². The first kappa shape index (κ1) is 12.5. The molecule has 86 valence electrons. The Bertz CT molecular complexity index is 366. The normalized spacial score (nSPS) is 13.5. The second-order valence-electron chi connectivity index (χ2n) is 4.14. The van der Waals surface area contributed by atoms with Crippen LogP contribution in [0.25, 0.3) is 0 Å². The van der Waals surface area contributed by atoms with Gasteiger partial charge in [-0.1, -0.05) is 48.9 Å². The number of hydrogen-bond donors (Lipinski definition) is 1. The third-order valence-electron chi connectivity index (χ3n) is 2.76. The van der Waals surface area contributed by atoms with Crippen molar-refractivity contribution in [3.8, 4) is 0 Å². The van der Waals surface area contributed by atoms with Gasteiger partial charge in [0.15, 0.2) is 0 Å². The molecular weight excluding hydrogens is 200 g/mol. The maximum absolute atomic E-state index is 10.4. The van der Waals surface area contributed by atoms with Crippen molar-refractivity contribution in [1.82, 2.24) is 0 Å². The first-order valence-corrected chi connectivity index (χ1v) is 5.52. The van der Waals surface area contributed by atoms with Crippen LogP contribution >= 0.6 is 0 Å². The molecule has 0 bridgehead atoms. The van der Waals surface area contributed by atoms with E-state index in [9.17, 15) is 4.79 Å². The lowest BCUT2D eigenvalue weighted by molar-refractivity contribution is -0.136. The maximum Gasteiger partial charge on any atom is 0.307 e. The molecule has 0 fully saturated rings. The molecule has 0 saturated carbocycles. The number of allylic oxidation sites excluding steroid dienone is 1. The van der Waals surface area contributed by atoms with Crippen molar-refractivity contribution in [2.45, 2.75) is 26.7 Å². The summed E-state index contributed by atoms with van der Waals surface area (Å²) < 4.78 is 0. The Labute approximate surface area is 96.6 Å². The van der Waals surface area contributed by atoms with Crippen LogP contribution in [0.5, 0.6) is 0 Å². The highest BCUT2D eigenvalue weighted by atomic mass is 16.4. The topological polar surface area (TPSA) is 37.3 Å². The molecule has 0 aromatic heterocycles. The summed E-state index contributed by atoms with van der Waals surface area (Å²) in [7, 11) is 0.